The van der Waals surface area contributed by atoms with Crippen LogP contribution in [0.25, 0.3) is 10.9 Å². The summed E-state index contributed by atoms with van der Waals surface area (Å²) in [5.41, 5.74) is 4.19. The van der Waals surface area contributed by atoms with Gasteiger partial charge in [0.15, 0.2) is 5.60 Å². The molecule has 15 heteroatoms. The average molecular weight is 911 g/mol. The highest BCUT2D eigenvalue weighted by molar-refractivity contribution is 5.95. The van der Waals surface area contributed by atoms with Gasteiger partial charge in [0.05, 0.1) is 32.5 Å². The van der Waals surface area contributed by atoms with Crippen molar-refractivity contribution in [2.75, 3.05) is 72.0 Å². The summed E-state index contributed by atoms with van der Waals surface area (Å²) in [6.45, 7) is 11.1. The van der Waals surface area contributed by atoms with E-state index in [1.165, 1.54) is 7.11 Å². The predicted octanol–water partition coefficient (Wildman–Crippen LogP) is 3.28. The largest absolute Gasteiger partial charge is 0.496 e. The molecule has 1 spiro atoms. The number of likely N-dealkylation sites (N-methyl/N-ethyl adjacent to an activating group) is 1. The number of nitrogens with zero attached hydrogens (tertiary/aromatic N) is 3. The number of carbonyl (C=O) groups is 3. The maximum Gasteiger partial charge on any atom is 0.323 e. The molecule has 15 nitrogen and oxygen atoms in total. The summed E-state index contributed by atoms with van der Waals surface area (Å²) >= 11 is 0. The van der Waals surface area contributed by atoms with Gasteiger partial charge < -0.3 is 50.5 Å². The molecule has 1 saturated carbocycles. The third-order valence-electron chi connectivity index (χ3n) is 17.0. The van der Waals surface area contributed by atoms with Crippen molar-refractivity contribution in [2.24, 2.45) is 23.0 Å². The van der Waals surface area contributed by atoms with Crippen molar-refractivity contribution in [3.63, 3.8) is 0 Å². The van der Waals surface area contributed by atoms with Gasteiger partial charge in [0.1, 0.15) is 23.3 Å². The number of aliphatic hydroxyl groups is 3. The summed E-state index contributed by atoms with van der Waals surface area (Å²) in [5.74, 6) is -1.43. The van der Waals surface area contributed by atoms with E-state index >= 15 is 4.79 Å². The normalized spacial score (nSPS) is 34.9. The zero-order valence-corrected chi connectivity index (χ0v) is 39.7. The van der Waals surface area contributed by atoms with Crippen LogP contribution < -0.4 is 20.7 Å². The van der Waals surface area contributed by atoms with Crippen molar-refractivity contribution in [1.82, 2.24) is 20.1 Å². The van der Waals surface area contributed by atoms with E-state index in [1.54, 1.807) is 7.11 Å². The van der Waals surface area contributed by atoms with Crippen LogP contribution in [0.3, 0.4) is 0 Å². The summed E-state index contributed by atoms with van der Waals surface area (Å²) in [5, 5.41) is 42.3. The monoisotopic (exact) mass is 911 g/mol. The van der Waals surface area contributed by atoms with Crippen molar-refractivity contribution in [3.8, 4) is 5.75 Å². The first-order chi connectivity index (χ1) is 31.5. The van der Waals surface area contributed by atoms with Crippen LogP contribution in [0.15, 0.2) is 48.6 Å². The molecule has 1 amide bonds. The van der Waals surface area contributed by atoms with E-state index in [-0.39, 0.29) is 37.5 Å². The fourth-order valence-corrected chi connectivity index (χ4v) is 14.0. The van der Waals surface area contributed by atoms with Gasteiger partial charge >= 0.3 is 11.9 Å². The zero-order valence-electron chi connectivity index (χ0n) is 39.7. The van der Waals surface area contributed by atoms with Crippen molar-refractivity contribution in [1.29, 1.82) is 0 Å². The number of piperidine rings is 1. The fraction of sp³-hybridized carbons (Fsp3) is 0.627. The van der Waals surface area contributed by atoms with Crippen LogP contribution in [-0.4, -0.2) is 151 Å². The molecule has 358 valence electrons. The number of hydrogen-bond acceptors (Lipinski definition) is 13. The molecule has 3 fully saturated rings. The van der Waals surface area contributed by atoms with Gasteiger partial charge in [-0.05, 0) is 86.6 Å². The van der Waals surface area contributed by atoms with E-state index in [2.05, 4.69) is 32.2 Å². The van der Waals surface area contributed by atoms with E-state index in [9.17, 15) is 24.9 Å². The number of amides is 1. The molecule has 3 aromatic rings. The minimum absolute atomic E-state index is 0.0249. The number of esters is 2. The Morgan fingerprint density at radius 3 is 2.52 bits per heavy atom. The SMILES string of the molecule is CCC1(O)CC2CN(CCc3c([nH]c4ccccc34)C(C(=O)OC)(c3cc4c(cc3OC)N(C)C3C(O)(C(=O)NCCCOC(=O)C(N)C(C)C)C(O)C5(CC)C=CCN6CCC43C65)C2)C1. The van der Waals surface area contributed by atoms with Crippen molar-refractivity contribution >= 4 is 34.4 Å². The number of hydrogen-bond donors (Lipinski definition) is 6. The Kier molecular flexibility index (Phi) is 11.9. The molecule has 2 saturated heterocycles. The lowest BCUT2D eigenvalue weighted by atomic mass is 9.47. The number of benzene rings is 2. The van der Waals surface area contributed by atoms with Crippen LogP contribution in [0.1, 0.15) is 88.6 Å². The van der Waals surface area contributed by atoms with E-state index in [4.69, 9.17) is 19.9 Å². The molecular weight excluding hydrogens is 841 g/mol. The Bertz CT molecular complexity index is 2420. The summed E-state index contributed by atoms with van der Waals surface area (Å²) in [6, 6.07) is 10.2. The van der Waals surface area contributed by atoms with Crippen molar-refractivity contribution < 1.29 is 43.9 Å². The molecule has 66 heavy (non-hydrogen) atoms. The number of ether oxygens (including phenoxy) is 3. The Labute approximate surface area is 388 Å². The van der Waals surface area contributed by atoms with Gasteiger partial charge in [-0.25, -0.2) is 0 Å². The summed E-state index contributed by atoms with van der Waals surface area (Å²) in [4.78, 5) is 53.3. The van der Waals surface area contributed by atoms with Gasteiger partial charge in [0, 0.05) is 90.6 Å². The highest BCUT2D eigenvalue weighted by atomic mass is 16.5. The molecule has 7 N–H and O–H groups in total. The number of anilines is 1. The second-order valence-corrected chi connectivity index (χ2v) is 20.7. The van der Waals surface area contributed by atoms with E-state index < -0.39 is 63.5 Å². The fourth-order valence-electron chi connectivity index (χ4n) is 14.0. The Hall–Kier alpha value is -4.51. The molecule has 11 unspecified atom stereocenters. The minimum Gasteiger partial charge on any atom is -0.496 e. The number of nitrogens with one attached hydrogen (secondary N) is 2. The number of carbonyl (C=O) groups excluding carboxylic acids is 3. The molecule has 11 atom stereocenters. The van der Waals surface area contributed by atoms with Crippen LogP contribution in [-0.2, 0) is 41.1 Å². The second kappa shape index (κ2) is 16.9. The molecule has 0 radical (unpaired) electrons. The third-order valence-corrected chi connectivity index (χ3v) is 17.0. The molecule has 2 aromatic carbocycles. The lowest BCUT2D eigenvalue weighted by Crippen LogP contribution is -2.81. The van der Waals surface area contributed by atoms with Gasteiger partial charge in [-0.15, -0.1) is 0 Å². The number of nitrogens with two attached hydrogens (primary N) is 1. The average Bonchev–Trinajstić information content (AvgIpc) is 3.98. The Morgan fingerprint density at radius 2 is 1.80 bits per heavy atom. The molecule has 9 rings (SSSR count). The third kappa shape index (κ3) is 6.61. The molecule has 5 aliphatic heterocycles. The second-order valence-electron chi connectivity index (χ2n) is 20.7. The number of methoxy groups -OCH3 is 2. The number of para-hydroxylation sites is 1. The molecule has 6 aliphatic rings. The molecule has 1 aromatic heterocycles. The van der Waals surface area contributed by atoms with Crippen molar-refractivity contribution in [2.45, 2.75) is 119 Å². The van der Waals surface area contributed by atoms with Gasteiger partial charge in [-0.3, -0.25) is 24.2 Å². The summed E-state index contributed by atoms with van der Waals surface area (Å²) < 4.78 is 17.8. The maximum atomic E-state index is 15.4. The molecule has 2 bridgehead atoms. The summed E-state index contributed by atoms with van der Waals surface area (Å²) in [6.07, 6.45) is 5.86. The molecular formula is C51H70N6O9. The zero-order chi connectivity index (χ0) is 47.1. The first kappa shape index (κ1) is 46.6. The van der Waals surface area contributed by atoms with Crippen LogP contribution in [0.5, 0.6) is 5.75 Å². The van der Waals surface area contributed by atoms with Gasteiger partial charge in [0.25, 0.3) is 5.91 Å². The van der Waals surface area contributed by atoms with Crippen molar-refractivity contribution in [3.05, 3.63) is 70.9 Å². The summed E-state index contributed by atoms with van der Waals surface area (Å²) in [7, 11) is 4.90. The van der Waals surface area contributed by atoms with E-state index in [0.29, 0.717) is 82.6 Å². The number of aromatic nitrogens is 1. The highest BCUT2D eigenvalue weighted by Gasteiger charge is 2.78. The van der Waals surface area contributed by atoms with Crippen LogP contribution in [0, 0.1) is 17.3 Å². The number of rotatable bonds is 12. The van der Waals surface area contributed by atoms with E-state index in [1.807, 2.05) is 76.1 Å². The lowest BCUT2D eigenvalue weighted by Gasteiger charge is -2.63. The number of aliphatic hydroxyl groups excluding tert-OH is 1. The van der Waals surface area contributed by atoms with E-state index in [0.717, 1.165) is 33.4 Å². The standard InChI is InChI=1S/C51H70N6O9/c1-8-47(62)26-31-27-50(46(61)65-7,40-33(16-21-56(28-31)29-47)32-14-10-11-15-36(32)54-40)35-24-34-37(25-38(35)64-6)55(5)43-49(34)18-22-57-20-12-17-48(9-2,42(49)57)44(59)51(43,63)45(60)53-19-13-23-66-41(58)39(52)30(3)4/h10-12,14-15,17,24-25,30-31,39,42-44,54,59,62-63H,8-9,13,16,18-23,26-29,52H2,1-7H3,(H,53,60). The molecule has 1 aliphatic carbocycles. The Morgan fingerprint density at radius 1 is 1.03 bits per heavy atom. The number of aromatic amines is 1. The first-order valence-electron chi connectivity index (χ1n) is 24.1. The maximum absolute atomic E-state index is 15.4. The van der Waals surface area contributed by atoms with Crippen LogP contribution >= 0.6 is 0 Å². The van der Waals surface area contributed by atoms with Crippen LogP contribution in [0.4, 0.5) is 5.69 Å². The van der Waals surface area contributed by atoms with Gasteiger partial charge in [0.2, 0.25) is 0 Å². The number of fused-ring (bicyclic) bond motifs is 6. The smallest absolute Gasteiger partial charge is 0.323 e. The molecule has 6 heterocycles. The number of H-pyrrole nitrogens is 1. The minimum atomic E-state index is -2.33. The Balaban J connectivity index is 1.22. The first-order valence-corrected chi connectivity index (χ1v) is 24.1. The highest BCUT2D eigenvalue weighted by Crippen LogP contribution is 2.67. The van der Waals surface area contributed by atoms with Gasteiger partial charge in [-0.2, -0.15) is 0 Å². The van der Waals surface area contributed by atoms with Gasteiger partial charge in [-0.1, -0.05) is 58.0 Å². The lowest BCUT2D eigenvalue weighted by molar-refractivity contribution is -0.203. The topological polar surface area (TPSA) is 203 Å². The van der Waals surface area contributed by atoms with Crippen LogP contribution in [0.2, 0.25) is 0 Å². The quantitative estimate of drug-likeness (QED) is 0.0880. The predicted molar refractivity (Wildman–Crippen MR) is 250 cm³/mol.